The van der Waals surface area contributed by atoms with Crippen LogP contribution < -0.4 is 5.32 Å². The maximum absolute atomic E-state index is 12.9. The highest BCUT2D eigenvalue weighted by molar-refractivity contribution is 5.85. The lowest BCUT2D eigenvalue weighted by Crippen LogP contribution is -2.28. The number of hydrogen-bond donors (Lipinski definition) is 1. The lowest BCUT2D eigenvalue weighted by molar-refractivity contribution is 0.102. The predicted molar refractivity (Wildman–Crippen MR) is 73.5 cm³/mol. The van der Waals surface area contributed by atoms with Crippen molar-refractivity contribution < 1.29 is 13.5 Å². The van der Waals surface area contributed by atoms with Gasteiger partial charge in [-0.05, 0) is 56.0 Å². The molecule has 0 spiro atoms. The molecule has 0 atom stereocenters. The maximum Gasteiger partial charge on any atom is 0.126 e. The lowest BCUT2D eigenvalue weighted by Gasteiger charge is -2.22. The minimum atomic E-state index is -0.549. The molecule has 5 heteroatoms. The van der Waals surface area contributed by atoms with Gasteiger partial charge in [0.2, 0.25) is 0 Å². The van der Waals surface area contributed by atoms with Gasteiger partial charge in [0.05, 0.1) is 6.61 Å². The molecule has 1 aromatic carbocycles. The maximum atomic E-state index is 12.9. The first kappa shape index (κ1) is 16.3. The van der Waals surface area contributed by atoms with Crippen molar-refractivity contribution in [3.63, 3.8) is 0 Å². The van der Waals surface area contributed by atoms with Crippen LogP contribution in [-0.4, -0.2) is 19.7 Å². The largest absolute Gasteiger partial charge is 0.377 e. The van der Waals surface area contributed by atoms with E-state index in [1.165, 1.54) is 25.0 Å². The first-order valence-corrected chi connectivity index (χ1v) is 6.47. The van der Waals surface area contributed by atoms with E-state index in [0.717, 1.165) is 31.5 Å². The molecule has 2 nitrogen and oxygen atoms in total. The minimum Gasteiger partial charge on any atom is -0.377 e. The summed E-state index contributed by atoms with van der Waals surface area (Å²) < 4.78 is 31.3. The van der Waals surface area contributed by atoms with Crippen LogP contribution in [0.15, 0.2) is 18.2 Å². The summed E-state index contributed by atoms with van der Waals surface area (Å²) in [6, 6.07) is 3.50. The molecular weight excluding hydrogens is 272 g/mol. The van der Waals surface area contributed by atoms with Crippen molar-refractivity contribution in [3.8, 4) is 0 Å². The van der Waals surface area contributed by atoms with E-state index in [2.05, 4.69) is 5.32 Å². The zero-order valence-electron chi connectivity index (χ0n) is 10.8. The monoisotopic (exact) mass is 291 g/mol. The van der Waals surface area contributed by atoms with Crippen LogP contribution in [0.25, 0.3) is 0 Å². The number of ether oxygens (including phenoxy) is 1. The molecule has 1 aliphatic heterocycles. The molecule has 108 valence electrons. The topological polar surface area (TPSA) is 21.3 Å². The smallest absolute Gasteiger partial charge is 0.126 e. The molecule has 0 unspecified atom stereocenters. The second kappa shape index (κ2) is 8.46. The number of hydrogen-bond acceptors (Lipinski definition) is 2. The van der Waals surface area contributed by atoms with Crippen molar-refractivity contribution in [3.05, 3.63) is 35.4 Å². The van der Waals surface area contributed by atoms with Crippen molar-refractivity contribution >= 4 is 12.4 Å². The van der Waals surface area contributed by atoms with Gasteiger partial charge in [-0.2, -0.15) is 0 Å². The number of nitrogens with one attached hydrogen (secondary N) is 1. The van der Waals surface area contributed by atoms with E-state index >= 15 is 0 Å². The van der Waals surface area contributed by atoms with Crippen molar-refractivity contribution in [1.29, 1.82) is 0 Å². The van der Waals surface area contributed by atoms with E-state index in [4.69, 9.17) is 4.74 Å². The Morgan fingerprint density at radius 3 is 2.37 bits per heavy atom. The molecular formula is C14H20ClF2NO. The molecule has 0 radical (unpaired) electrons. The fraction of sp³-hybridized carbons (Fsp3) is 0.571. The van der Waals surface area contributed by atoms with Crippen molar-refractivity contribution in [1.82, 2.24) is 5.32 Å². The molecule has 19 heavy (non-hydrogen) atoms. The van der Waals surface area contributed by atoms with Crippen molar-refractivity contribution in [2.45, 2.75) is 25.9 Å². The Kier molecular flexibility index (Phi) is 7.28. The average molecular weight is 292 g/mol. The lowest BCUT2D eigenvalue weighted by atomic mass is 9.95. The molecule has 0 bridgehead atoms. The third-order valence-corrected chi connectivity index (χ3v) is 3.32. The molecule has 0 amide bonds. The summed E-state index contributed by atoms with van der Waals surface area (Å²) in [5, 5.41) is 3.32. The number of benzene rings is 1. The third kappa shape index (κ3) is 5.85. The van der Waals surface area contributed by atoms with Crippen LogP contribution in [0.2, 0.25) is 0 Å². The molecule has 1 aliphatic rings. The third-order valence-electron chi connectivity index (χ3n) is 3.32. The standard InChI is InChI=1S/C14H19F2NO.ClH/c15-13-7-12(8-14(16)9-13)10-18-6-3-11-1-4-17-5-2-11;/h7-9,11,17H,1-6,10H2;1H. The summed E-state index contributed by atoms with van der Waals surface area (Å²) in [6.45, 7) is 3.10. The molecule has 1 heterocycles. The Balaban J connectivity index is 0.00000180. The summed E-state index contributed by atoms with van der Waals surface area (Å²) in [6.07, 6.45) is 3.41. The zero-order chi connectivity index (χ0) is 12.8. The number of halogens is 3. The van der Waals surface area contributed by atoms with Crippen LogP contribution in [0.5, 0.6) is 0 Å². The van der Waals surface area contributed by atoms with Crippen LogP contribution in [0, 0.1) is 17.6 Å². The van der Waals surface area contributed by atoms with E-state index in [-0.39, 0.29) is 19.0 Å². The number of piperidine rings is 1. The second-order valence-electron chi connectivity index (χ2n) is 4.81. The van der Waals surface area contributed by atoms with Crippen molar-refractivity contribution in [2.75, 3.05) is 19.7 Å². The summed E-state index contributed by atoms with van der Waals surface area (Å²) in [4.78, 5) is 0. The van der Waals surface area contributed by atoms with Crippen molar-refractivity contribution in [2.24, 2.45) is 5.92 Å². The van der Waals surface area contributed by atoms with Gasteiger partial charge >= 0.3 is 0 Å². The highest BCUT2D eigenvalue weighted by atomic mass is 35.5. The van der Waals surface area contributed by atoms with Gasteiger partial charge in [-0.3, -0.25) is 0 Å². The van der Waals surface area contributed by atoms with Crippen LogP contribution in [-0.2, 0) is 11.3 Å². The van der Waals surface area contributed by atoms with Gasteiger partial charge in [0.15, 0.2) is 0 Å². The minimum absolute atomic E-state index is 0. The van der Waals surface area contributed by atoms with E-state index < -0.39 is 11.6 Å². The molecule has 0 aromatic heterocycles. The molecule has 0 saturated carbocycles. The van der Waals surface area contributed by atoms with Gasteiger partial charge in [-0.1, -0.05) is 0 Å². The molecule has 1 fully saturated rings. The molecule has 1 N–H and O–H groups in total. The summed E-state index contributed by atoms with van der Waals surface area (Å²) in [5.74, 6) is -0.380. The Bertz CT molecular complexity index is 363. The van der Waals surface area contributed by atoms with Crippen LogP contribution in [0.1, 0.15) is 24.8 Å². The average Bonchev–Trinajstić information content (AvgIpc) is 2.35. The number of rotatable bonds is 5. The quantitative estimate of drug-likeness (QED) is 0.841. The van der Waals surface area contributed by atoms with Gasteiger partial charge < -0.3 is 10.1 Å². The first-order chi connectivity index (χ1) is 8.74. The van der Waals surface area contributed by atoms with E-state index in [9.17, 15) is 8.78 Å². The van der Waals surface area contributed by atoms with E-state index in [1.807, 2.05) is 0 Å². The SMILES string of the molecule is Cl.Fc1cc(F)cc(COCCC2CCNCC2)c1. The first-order valence-electron chi connectivity index (χ1n) is 6.47. The van der Waals surface area contributed by atoms with Gasteiger partial charge in [0, 0.05) is 12.7 Å². The zero-order valence-corrected chi connectivity index (χ0v) is 11.6. The molecule has 1 saturated heterocycles. The van der Waals surface area contributed by atoms with Crippen LogP contribution >= 0.6 is 12.4 Å². The van der Waals surface area contributed by atoms with Gasteiger partial charge in [-0.15, -0.1) is 12.4 Å². The summed E-state index contributed by atoms with van der Waals surface area (Å²) in [7, 11) is 0. The normalized spacial score (nSPS) is 16.1. The Hall–Kier alpha value is -0.710. The molecule has 1 aromatic rings. The Morgan fingerprint density at radius 2 is 1.74 bits per heavy atom. The second-order valence-corrected chi connectivity index (χ2v) is 4.81. The van der Waals surface area contributed by atoms with Gasteiger partial charge in [0.1, 0.15) is 11.6 Å². The molecule has 2 rings (SSSR count). The van der Waals surface area contributed by atoms with Gasteiger partial charge in [-0.25, -0.2) is 8.78 Å². The Labute approximate surface area is 118 Å². The fourth-order valence-electron chi connectivity index (χ4n) is 2.30. The van der Waals surface area contributed by atoms with Crippen LogP contribution in [0.4, 0.5) is 8.78 Å². The fourth-order valence-corrected chi connectivity index (χ4v) is 2.30. The highest BCUT2D eigenvalue weighted by Gasteiger charge is 2.12. The highest BCUT2D eigenvalue weighted by Crippen LogP contribution is 2.16. The summed E-state index contributed by atoms with van der Waals surface area (Å²) in [5.41, 5.74) is 0.554. The van der Waals surface area contributed by atoms with E-state index in [1.54, 1.807) is 0 Å². The predicted octanol–water partition coefficient (Wildman–Crippen LogP) is 3.29. The van der Waals surface area contributed by atoms with E-state index in [0.29, 0.717) is 12.2 Å². The molecule has 0 aliphatic carbocycles. The van der Waals surface area contributed by atoms with Crippen LogP contribution in [0.3, 0.4) is 0 Å². The summed E-state index contributed by atoms with van der Waals surface area (Å²) >= 11 is 0. The Morgan fingerprint density at radius 1 is 1.11 bits per heavy atom. The van der Waals surface area contributed by atoms with Gasteiger partial charge in [0.25, 0.3) is 0 Å².